The fourth-order valence-corrected chi connectivity index (χ4v) is 3.10. The van der Waals surface area contributed by atoms with Crippen molar-refractivity contribution in [2.24, 2.45) is 11.8 Å². The first kappa shape index (κ1) is 9.89. The van der Waals surface area contributed by atoms with E-state index in [0.717, 1.165) is 0 Å². The van der Waals surface area contributed by atoms with Crippen molar-refractivity contribution in [1.29, 1.82) is 0 Å². The van der Waals surface area contributed by atoms with E-state index in [4.69, 9.17) is 5.11 Å². The zero-order chi connectivity index (χ0) is 11.4. The molecule has 6 heteroatoms. The molecule has 3 fully saturated rings. The Morgan fingerprint density at radius 2 is 1.94 bits per heavy atom. The van der Waals surface area contributed by atoms with Gasteiger partial charge in [-0.1, -0.05) is 0 Å². The Hall–Kier alpha value is -1.30. The standard InChI is InChI=1S/C10H14N2O4/c13-7-1-2-12(9(7)14)8-5-3-11(10(15)16)4-6(5)8/h5-8,13H,1-4H2,(H,15,16)/t5-,6+,7-,8-/m1/s1. The summed E-state index contributed by atoms with van der Waals surface area (Å²) in [5, 5.41) is 18.2. The maximum Gasteiger partial charge on any atom is 0.407 e. The van der Waals surface area contributed by atoms with Crippen molar-refractivity contribution in [3.63, 3.8) is 0 Å². The van der Waals surface area contributed by atoms with Gasteiger partial charge in [0.2, 0.25) is 0 Å². The minimum absolute atomic E-state index is 0.179. The summed E-state index contributed by atoms with van der Waals surface area (Å²) in [7, 11) is 0. The van der Waals surface area contributed by atoms with Crippen LogP contribution in [0.3, 0.4) is 0 Å². The number of carbonyl (C=O) groups excluding carboxylic acids is 1. The zero-order valence-electron chi connectivity index (χ0n) is 8.74. The maximum absolute atomic E-state index is 11.6. The fraction of sp³-hybridized carbons (Fsp3) is 0.800. The Balaban J connectivity index is 1.63. The van der Waals surface area contributed by atoms with E-state index in [1.54, 1.807) is 4.90 Å². The molecule has 2 N–H and O–H groups in total. The van der Waals surface area contributed by atoms with Crippen molar-refractivity contribution in [3.8, 4) is 0 Å². The van der Waals surface area contributed by atoms with Crippen molar-refractivity contribution < 1.29 is 19.8 Å². The molecule has 0 spiro atoms. The molecule has 0 aromatic rings. The lowest BCUT2D eigenvalue weighted by molar-refractivity contribution is -0.135. The van der Waals surface area contributed by atoms with Gasteiger partial charge >= 0.3 is 6.09 Å². The third-order valence-corrected chi connectivity index (χ3v) is 3.99. The molecule has 0 aromatic heterocycles. The van der Waals surface area contributed by atoms with Gasteiger partial charge in [-0.25, -0.2) is 4.79 Å². The predicted octanol–water partition coefficient (Wildman–Crippen LogP) is -0.812. The van der Waals surface area contributed by atoms with Gasteiger partial charge in [-0.3, -0.25) is 4.79 Å². The van der Waals surface area contributed by atoms with E-state index in [-0.39, 0.29) is 11.9 Å². The molecule has 88 valence electrons. The minimum atomic E-state index is -0.876. The van der Waals surface area contributed by atoms with E-state index in [9.17, 15) is 14.7 Å². The third-order valence-electron chi connectivity index (χ3n) is 3.99. The number of aliphatic hydroxyl groups excluding tert-OH is 1. The van der Waals surface area contributed by atoms with Crippen LogP contribution in [0.5, 0.6) is 0 Å². The van der Waals surface area contributed by atoms with Gasteiger partial charge in [0.1, 0.15) is 6.10 Å². The monoisotopic (exact) mass is 226 g/mol. The van der Waals surface area contributed by atoms with Crippen LogP contribution < -0.4 is 0 Å². The van der Waals surface area contributed by atoms with Crippen molar-refractivity contribution in [3.05, 3.63) is 0 Å². The van der Waals surface area contributed by atoms with Crippen LogP contribution >= 0.6 is 0 Å². The van der Waals surface area contributed by atoms with Gasteiger partial charge in [-0.05, 0) is 6.42 Å². The molecule has 3 rings (SSSR count). The molecular weight excluding hydrogens is 212 g/mol. The molecule has 3 aliphatic rings. The van der Waals surface area contributed by atoms with Crippen LogP contribution in [-0.2, 0) is 4.79 Å². The average molecular weight is 226 g/mol. The number of hydrogen-bond acceptors (Lipinski definition) is 3. The molecule has 2 saturated heterocycles. The van der Waals surface area contributed by atoms with Gasteiger partial charge < -0.3 is 20.0 Å². The van der Waals surface area contributed by atoms with Gasteiger partial charge in [-0.2, -0.15) is 0 Å². The molecule has 0 radical (unpaired) electrons. The molecule has 4 atom stereocenters. The molecular formula is C10H14N2O4. The molecule has 1 saturated carbocycles. The number of fused-ring (bicyclic) bond motifs is 1. The molecule has 2 amide bonds. The summed E-state index contributed by atoms with van der Waals surface area (Å²) in [4.78, 5) is 25.4. The van der Waals surface area contributed by atoms with Crippen molar-refractivity contribution in [1.82, 2.24) is 9.80 Å². The van der Waals surface area contributed by atoms with Crippen molar-refractivity contribution in [2.45, 2.75) is 18.6 Å². The Labute approximate surface area is 92.4 Å². The van der Waals surface area contributed by atoms with E-state index in [1.165, 1.54) is 4.90 Å². The summed E-state index contributed by atoms with van der Waals surface area (Å²) >= 11 is 0. The Morgan fingerprint density at radius 3 is 2.38 bits per heavy atom. The first-order chi connectivity index (χ1) is 7.59. The second-order valence-electron chi connectivity index (χ2n) is 4.84. The molecule has 2 heterocycles. The maximum atomic E-state index is 11.6. The Morgan fingerprint density at radius 1 is 1.31 bits per heavy atom. The summed E-state index contributed by atoms with van der Waals surface area (Å²) in [6, 6.07) is 0.181. The van der Waals surface area contributed by atoms with Gasteiger partial charge in [0, 0.05) is 37.5 Å². The zero-order valence-corrected chi connectivity index (χ0v) is 8.74. The fourth-order valence-electron chi connectivity index (χ4n) is 3.10. The summed E-state index contributed by atoms with van der Waals surface area (Å²) in [6.07, 6.45) is -1.20. The minimum Gasteiger partial charge on any atom is -0.465 e. The number of carboxylic acid groups (broad SMARTS) is 1. The summed E-state index contributed by atoms with van der Waals surface area (Å²) in [5.74, 6) is 0.414. The quantitative estimate of drug-likeness (QED) is 0.612. The van der Waals surface area contributed by atoms with Crippen LogP contribution in [0.15, 0.2) is 0 Å². The molecule has 16 heavy (non-hydrogen) atoms. The molecule has 2 aliphatic heterocycles. The largest absolute Gasteiger partial charge is 0.465 e. The number of piperidine rings is 1. The topological polar surface area (TPSA) is 81.1 Å². The second-order valence-corrected chi connectivity index (χ2v) is 4.84. The van der Waals surface area contributed by atoms with Gasteiger partial charge in [0.25, 0.3) is 5.91 Å². The highest BCUT2D eigenvalue weighted by molar-refractivity contribution is 5.83. The lowest BCUT2D eigenvalue weighted by Crippen LogP contribution is -2.38. The highest BCUT2D eigenvalue weighted by atomic mass is 16.4. The summed E-state index contributed by atoms with van der Waals surface area (Å²) in [5.41, 5.74) is 0. The van der Waals surface area contributed by atoms with Gasteiger partial charge in [0.05, 0.1) is 0 Å². The molecule has 6 nitrogen and oxygen atoms in total. The lowest BCUT2D eigenvalue weighted by atomic mass is 10.3. The van der Waals surface area contributed by atoms with E-state index in [2.05, 4.69) is 0 Å². The number of likely N-dealkylation sites (tertiary alicyclic amines) is 2. The third kappa shape index (κ3) is 1.22. The van der Waals surface area contributed by atoms with E-state index in [0.29, 0.717) is 37.9 Å². The number of amides is 2. The van der Waals surface area contributed by atoms with E-state index in [1.807, 2.05) is 0 Å². The highest BCUT2D eigenvalue weighted by Gasteiger charge is 2.61. The van der Waals surface area contributed by atoms with Gasteiger partial charge in [0.15, 0.2) is 0 Å². The summed E-state index contributed by atoms with van der Waals surface area (Å²) in [6.45, 7) is 1.68. The van der Waals surface area contributed by atoms with Crippen LogP contribution in [-0.4, -0.2) is 63.8 Å². The number of carbonyl (C=O) groups is 2. The van der Waals surface area contributed by atoms with Crippen LogP contribution in [0, 0.1) is 11.8 Å². The molecule has 0 aromatic carbocycles. The molecule has 0 bridgehead atoms. The van der Waals surface area contributed by atoms with Crippen LogP contribution in [0.4, 0.5) is 4.79 Å². The first-order valence-electron chi connectivity index (χ1n) is 5.56. The smallest absolute Gasteiger partial charge is 0.407 e. The molecule has 1 aliphatic carbocycles. The summed E-state index contributed by atoms with van der Waals surface area (Å²) < 4.78 is 0. The van der Waals surface area contributed by atoms with E-state index < -0.39 is 12.2 Å². The Bertz CT molecular complexity index is 347. The van der Waals surface area contributed by atoms with Crippen molar-refractivity contribution >= 4 is 12.0 Å². The van der Waals surface area contributed by atoms with Crippen LogP contribution in [0.25, 0.3) is 0 Å². The van der Waals surface area contributed by atoms with Crippen LogP contribution in [0.2, 0.25) is 0 Å². The normalized spacial score (nSPS) is 41.4. The molecule has 0 unspecified atom stereocenters. The second kappa shape index (κ2) is 3.10. The first-order valence-corrected chi connectivity index (χ1v) is 5.56. The number of rotatable bonds is 1. The predicted molar refractivity (Wildman–Crippen MR) is 52.7 cm³/mol. The number of hydrogen-bond donors (Lipinski definition) is 2. The van der Waals surface area contributed by atoms with Crippen LogP contribution in [0.1, 0.15) is 6.42 Å². The SMILES string of the molecule is O=C(O)N1C[C@@H]2[C@H](C1)[C@@H]2N1CC[C@@H](O)C1=O. The van der Waals surface area contributed by atoms with Crippen molar-refractivity contribution in [2.75, 3.05) is 19.6 Å². The van der Waals surface area contributed by atoms with E-state index >= 15 is 0 Å². The lowest BCUT2D eigenvalue weighted by Gasteiger charge is -2.22. The Kier molecular flexibility index (Phi) is 1.92. The number of aliphatic hydroxyl groups is 1. The highest BCUT2D eigenvalue weighted by Crippen LogP contribution is 2.49. The number of nitrogens with zero attached hydrogens (tertiary/aromatic N) is 2. The van der Waals surface area contributed by atoms with Gasteiger partial charge in [-0.15, -0.1) is 0 Å². The average Bonchev–Trinajstić information content (AvgIpc) is 2.61.